The van der Waals surface area contributed by atoms with E-state index in [-0.39, 0.29) is 0 Å². The van der Waals surface area contributed by atoms with Crippen molar-refractivity contribution in [2.45, 2.75) is 53.4 Å². The van der Waals surface area contributed by atoms with Crippen LogP contribution in [0.25, 0.3) is 5.57 Å². The van der Waals surface area contributed by atoms with E-state index in [2.05, 4.69) is 39.8 Å². The highest BCUT2D eigenvalue weighted by Gasteiger charge is 2.13. The molecule has 0 atom stereocenters. The number of fused-ring (bicyclic) bond motifs is 1. The van der Waals surface area contributed by atoms with Crippen LogP contribution in [-0.4, -0.2) is 0 Å². The lowest BCUT2D eigenvalue weighted by atomic mass is 9.85. The summed E-state index contributed by atoms with van der Waals surface area (Å²) >= 11 is 0. The molecule has 1 aromatic rings. The minimum Gasteiger partial charge on any atom is -0.0698 e. The van der Waals surface area contributed by atoms with Gasteiger partial charge in [0.05, 0.1) is 0 Å². The highest BCUT2D eigenvalue weighted by atomic mass is 14.2. The Balaban J connectivity index is 2.63. The second-order valence-corrected chi connectivity index (χ2v) is 5.15. The molecule has 0 nitrogen and oxygen atoms in total. The molecular formula is C16H22. The van der Waals surface area contributed by atoms with Crippen molar-refractivity contribution in [2.24, 2.45) is 0 Å². The fourth-order valence-corrected chi connectivity index (χ4v) is 2.66. The van der Waals surface area contributed by atoms with E-state index in [1.807, 2.05) is 0 Å². The van der Waals surface area contributed by atoms with Crippen LogP contribution in [0.3, 0.4) is 0 Å². The van der Waals surface area contributed by atoms with Gasteiger partial charge in [-0.05, 0) is 81.2 Å². The molecule has 1 aromatic carbocycles. The van der Waals surface area contributed by atoms with E-state index < -0.39 is 0 Å². The summed E-state index contributed by atoms with van der Waals surface area (Å²) in [6, 6.07) is 4.59. The average Bonchev–Trinajstić information content (AvgIpc) is 2.27. The van der Waals surface area contributed by atoms with Gasteiger partial charge < -0.3 is 0 Å². The van der Waals surface area contributed by atoms with Crippen molar-refractivity contribution in [3.05, 3.63) is 40.0 Å². The van der Waals surface area contributed by atoms with Gasteiger partial charge in [0, 0.05) is 0 Å². The number of hydrogen-bond acceptors (Lipinski definition) is 0. The summed E-state index contributed by atoms with van der Waals surface area (Å²) in [5, 5.41) is 0. The fourth-order valence-electron chi connectivity index (χ4n) is 2.66. The molecule has 0 radical (unpaired) electrons. The molecule has 0 heteroatoms. The van der Waals surface area contributed by atoms with Gasteiger partial charge in [-0.25, -0.2) is 0 Å². The maximum absolute atomic E-state index is 2.32. The third-order valence-corrected chi connectivity index (χ3v) is 4.14. The minimum atomic E-state index is 1.26. The van der Waals surface area contributed by atoms with E-state index in [4.69, 9.17) is 0 Å². The van der Waals surface area contributed by atoms with Gasteiger partial charge in [-0.3, -0.25) is 0 Å². The van der Waals surface area contributed by atoms with Crippen LogP contribution in [-0.2, 0) is 6.42 Å². The molecule has 0 bridgehead atoms. The molecule has 86 valence electrons. The van der Waals surface area contributed by atoms with E-state index in [0.717, 1.165) is 0 Å². The molecule has 0 saturated carbocycles. The zero-order chi connectivity index (χ0) is 11.7. The average molecular weight is 214 g/mol. The first-order valence-electron chi connectivity index (χ1n) is 6.37. The molecule has 16 heavy (non-hydrogen) atoms. The zero-order valence-corrected chi connectivity index (χ0v) is 11.0. The molecule has 1 aliphatic carbocycles. The van der Waals surface area contributed by atoms with Crippen LogP contribution in [0.4, 0.5) is 0 Å². The van der Waals surface area contributed by atoms with Crippen LogP contribution in [0.2, 0.25) is 0 Å². The number of allylic oxidation sites excluding steroid dienone is 2. The normalized spacial score (nSPS) is 21.2. The lowest BCUT2D eigenvalue weighted by Gasteiger charge is -2.20. The lowest BCUT2D eigenvalue weighted by Crippen LogP contribution is -2.02. The Bertz CT molecular complexity index is 436. The highest BCUT2D eigenvalue weighted by molar-refractivity contribution is 5.71. The molecule has 1 aliphatic rings. The Morgan fingerprint density at radius 3 is 2.31 bits per heavy atom. The molecule has 0 N–H and O–H groups in total. The van der Waals surface area contributed by atoms with E-state index in [9.17, 15) is 0 Å². The van der Waals surface area contributed by atoms with Crippen molar-refractivity contribution in [1.29, 1.82) is 0 Å². The molecule has 2 rings (SSSR count). The van der Waals surface area contributed by atoms with Gasteiger partial charge in [0.2, 0.25) is 0 Å². The van der Waals surface area contributed by atoms with Crippen molar-refractivity contribution in [3.63, 3.8) is 0 Å². The summed E-state index contributed by atoms with van der Waals surface area (Å²) in [7, 11) is 0. The summed E-state index contributed by atoms with van der Waals surface area (Å²) in [6.45, 7) is 9.08. The predicted octanol–water partition coefficient (Wildman–Crippen LogP) is 4.82. The summed E-state index contributed by atoms with van der Waals surface area (Å²) < 4.78 is 0. The monoisotopic (exact) mass is 214 g/mol. The molecule has 0 amide bonds. The number of benzene rings is 1. The highest BCUT2D eigenvalue weighted by Crippen LogP contribution is 2.31. The van der Waals surface area contributed by atoms with Crippen LogP contribution in [0.5, 0.6) is 0 Å². The van der Waals surface area contributed by atoms with Crippen molar-refractivity contribution >= 4 is 5.57 Å². The van der Waals surface area contributed by atoms with Crippen molar-refractivity contribution in [2.75, 3.05) is 0 Å². The van der Waals surface area contributed by atoms with E-state index in [0.29, 0.717) is 0 Å². The molecule has 0 aromatic heterocycles. The Labute approximate surface area is 99.4 Å². The predicted molar refractivity (Wildman–Crippen MR) is 71.7 cm³/mol. The van der Waals surface area contributed by atoms with Gasteiger partial charge >= 0.3 is 0 Å². The second kappa shape index (κ2) is 4.45. The van der Waals surface area contributed by atoms with Crippen LogP contribution in [0, 0.1) is 13.8 Å². The maximum Gasteiger partial charge on any atom is -0.0193 e. The Kier molecular flexibility index (Phi) is 3.18. The van der Waals surface area contributed by atoms with Crippen molar-refractivity contribution in [1.82, 2.24) is 0 Å². The van der Waals surface area contributed by atoms with Gasteiger partial charge in [-0.2, -0.15) is 0 Å². The van der Waals surface area contributed by atoms with Gasteiger partial charge in [-0.15, -0.1) is 0 Å². The van der Waals surface area contributed by atoms with Gasteiger partial charge in [0.1, 0.15) is 0 Å². The van der Waals surface area contributed by atoms with E-state index >= 15 is 0 Å². The lowest BCUT2D eigenvalue weighted by molar-refractivity contribution is 0.719. The Morgan fingerprint density at radius 1 is 0.875 bits per heavy atom. The number of aryl methyl sites for hydroxylation is 1. The second-order valence-electron chi connectivity index (χ2n) is 5.15. The van der Waals surface area contributed by atoms with Crippen molar-refractivity contribution < 1.29 is 0 Å². The maximum atomic E-state index is 2.32. The standard InChI is InChI=1S/C16H22/c1-11-7-5-6-8-15-14(4)12(2)9-10-16(15)13(11)3/h9-10H,5-8H2,1-4H3/b13-11-. The first kappa shape index (κ1) is 11.4. The van der Waals surface area contributed by atoms with Crippen LogP contribution >= 0.6 is 0 Å². The molecule has 0 saturated heterocycles. The first-order chi connectivity index (χ1) is 7.61. The third kappa shape index (κ3) is 1.93. The Morgan fingerprint density at radius 2 is 1.56 bits per heavy atom. The minimum absolute atomic E-state index is 1.26. The van der Waals surface area contributed by atoms with Gasteiger partial charge in [0.25, 0.3) is 0 Å². The third-order valence-electron chi connectivity index (χ3n) is 4.14. The quantitative estimate of drug-likeness (QED) is 0.580. The topological polar surface area (TPSA) is 0 Å². The van der Waals surface area contributed by atoms with E-state index in [1.165, 1.54) is 47.9 Å². The molecule has 0 fully saturated rings. The largest absolute Gasteiger partial charge is 0.0698 e. The van der Waals surface area contributed by atoms with Gasteiger partial charge in [-0.1, -0.05) is 17.7 Å². The smallest absolute Gasteiger partial charge is 0.0193 e. The zero-order valence-electron chi connectivity index (χ0n) is 11.0. The van der Waals surface area contributed by atoms with Gasteiger partial charge in [0.15, 0.2) is 0 Å². The molecule has 0 unspecified atom stereocenters. The van der Waals surface area contributed by atoms with Crippen LogP contribution < -0.4 is 0 Å². The molecule has 0 heterocycles. The SMILES string of the molecule is C/C1=C(\C)c2ccc(C)c(C)c2CCCC1. The van der Waals surface area contributed by atoms with E-state index in [1.54, 1.807) is 11.1 Å². The molecule has 0 spiro atoms. The van der Waals surface area contributed by atoms with Crippen molar-refractivity contribution in [3.8, 4) is 0 Å². The van der Waals surface area contributed by atoms with Crippen LogP contribution in [0.15, 0.2) is 17.7 Å². The van der Waals surface area contributed by atoms with Crippen LogP contribution in [0.1, 0.15) is 55.4 Å². The summed E-state index contributed by atoms with van der Waals surface area (Å²) in [5.74, 6) is 0. The summed E-state index contributed by atoms with van der Waals surface area (Å²) in [6.07, 6.45) is 5.21. The molecular weight excluding hydrogens is 192 g/mol. The first-order valence-corrected chi connectivity index (χ1v) is 6.37. The number of rotatable bonds is 0. The summed E-state index contributed by atoms with van der Waals surface area (Å²) in [5.41, 5.74) is 9.12. The summed E-state index contributed by atoms with van der Waals surface area (Å²) in [4.78, 5) is 0. The Hall–Kier alpha value is -1.04. The number of hydrogen-bond donors (Lipinski definition) is 0. The fraction of sp³-hybridized carbons (Fsp3) is 0.500. The molecule has 0 aliphatic heterocycles.